The molecule has 2 N–H and O–H groups in total. The minimum Gasteiger partial charge on any atom is -0.465 e. The van der Waals surface area contributed by atoms with Gasteiger partial charge in [0, 0.05) is 12.5 Å². The van der Waals surface area contributed by atoms with Gasteiger partial charge in [0.05, 0.1) is 19.6 Å². The highest BCUT2D eigenvalue weighted by molar-refractivity contribution is 5.72. The number of esters is 1. The van der Waals surface area contributed by atoms with Crippen molar-refractivity contribution in [2.24, 2.45) is 17.3 Å². The van der Waals surface area contributed by atoms with E-state index in [-0.39, 0.29) is 36.4 Å². The summed E-state index contributed by atoms with van der Waals surface area (Å²) in [4.78, 5) is 11.2. The molecule has 2 rings (SSSR count). The Kier molecular flexibility index (Phi) is 4.11. The van der Waals surface area contributed by atoms with Gasteiger partial charge in [0.1, 0.15) is 0 Å². The molecule has 0 aromatic heterocycles. The predicted molar refractivity (Wildman–Crippen MR) is 71.3 cm³/mol. The number of rotatable bonds is 4. The Balaban J connectivity index is 2.31. The van der Waals surface area contributed by atoms with E-state index in [0.29, 0.717) is 13.0 Å². The molecule has 4 heteroatoms. The minimum atomic E-state index is -0.199. The normalized spacial score (nSPS) is 37.3. The maximum Gasteiger partial charge on any atom is 0.306 e. The lowest BCUT2D eigenvalue weighted by Crippen LogP contribution is -2.17. The Hall–Kier alpha value is -1.13. The van der Waals surface area contributed by atoms with E-state index in [1.54, 1.807) is 0 Å². The second-order valence-electron chi connectivity index (χ2n) is 5.98. The summed E-state index contributed by atoms with van der Waals surface area (Å²) in [5.74, 6) is -0.0411. The number of hydrogen-bond donors (Lipinski definition) is 2. The lowest BCUT2D eigenvalue weighted by Gasteiger charge is -2.20. The summed E-state index contributed by atoms with van der Waals surface area (Å²) >= 11 is 0. The molecule has 3 unspecified atom stereocenters. The lowest BCUT2D eigenvalue weighted by atomic mass is 9.87. The van der Waals surface area contributed by atoms with Gasteiger partial charge in [-0.25, -0.2) is 0 Å². The fraction of sp³-hybridized carbons (Fsp3) is 0.667. The van der Waals surface area contributed by atoms with Crippen LogP contribution in [0.3, 0.4) is 0 Å². The maximum atomic E-state index is 11.2. The van der Waals surface area contributed by atoms with Crippen LogP contribution in [0.25, 0.3) is 0 Å². The predicted octanol–water partition coefficient (Wildman–Crippen LogP) is 1.43. The van der Waals surface area contributed by atoms with Crippen LogP contribution >= 0.6 is 0 Å². The average molecular weight is 266 g/mol. The largest absolute Gasteiger partial charge is 0.465 e. The first-order valence-electron chi connectivity index (χ1n) is 6.74. The Bertz CT molecular complexity index is 412. The van der Waals surface area contributed by atoms with Gasteiger partial charge < -0.3 is 14.9 Å². The highest BCUT2D eigenvalue weighted by Crippen LogP contribution is 2.48. The molecule has 3 atom stereocenters. The molecular formula is C15H22O4. The molecule has 1 aliphatic heterocycles. The van der Waals surface area contributed by atoms with Crippen molar-refractivity contribution in [1.29, 1.82) is 0 Å². The van der Waals surface area contributed by atoms with E-state index < -0.39 is 0 Å². The van der Waals surface area contributed by atoms with Crippen LogP contribution in [0, 0.1) is 17.3 Å². The van der Waals surface area contributed by atoms with Crippen LogP contribution < -0.4 is 0 Å². The summed E-state index contributed by atoms with van der Waals surface area (Å²) in [5.41, 5.74) is 1.89. The third-order valence-corrected chi connectivity index (χ3v) is 4.38. The molecule has 1 aliphatic carbocycles. The van der Waals surface area contributed by atoms with Gasteiger partial charge in [-0.2, -0.15) is 0 Å². The minimum absolute atomic E-state index is 0.0176. The van der Waals surface area contributed by atoms with Gasteiger partial charge in [0.2, 0.25) is 0 Å². The summed E-state index contributed by atoms with van der Waals surface area (Å²) in [5, 5.41) is 19.2. The van der Waals surface area contributed by atoms with E-state index in [0.717, 1.165) is 24.0 Å². The molecule has 1 saturated carbocycles. The highest BCUT2D eigenvalue weighted by atomic mass is 16.5. The molecule has 19 heavy (non-hydrogen) atoms. The van der Waals surface area contributed by atoms with Gasteiger partial charge in [0.15, 0.2) is 0 Å². The number of aliphatic hydroxyl groups excluding tert-OH is 2. The smallest absolute Gasteiger partial charge is 0.306 e. The first-order chi connectivity index (χ1) is 9.03. The fourth-order valence-corrected chi connectivity index (χ4v) is 3.24. The summed E-state index contributed by atoms with van der Waals surface area (Å²) in [7, 11) is 0. The Morgan fingerprint density at radius 2 is 2.32 bits per heavy atom. The van der Waals surface area contributed by atoms with E-state index in [1.807, 2.05) is 13.0 Å². The quantitative estimate of drug-likeness (QED) is 0.597. The molecule has 2 fully saturated rings. The van der Waals surface area contributed by atoms with Gasteiger partial charge in [0.25, 0.3) is 0 Å². The molecule has 0 spiro atoms. The molecule has 4 nitrogen and oxygen atoms in total. The zero-order chi connectivity index (χ0) is 14.0. The van der Waals surface area contributed by atoms with Gasteiger partial charge in [-0.15, -0.1) is 6.58 Å². The van der Waals surface area contributed by atoms with Crippen LogP contribution in [-0.4, -0.2) is 36.0 Å². The van der Waals surface area contributed by atoms with Crippen molar-refractivity contribution < 1.29 is 19.7 Å². The standard InChI is InChI=1S/C15H22O4/c1-3-10-5-15(2,9-17)6-12(10)13(7-16)11-4-14(18)19-8-11/h3,10-11,16-17H,1,4-9H2,2H3. The Morgan fingerprint density at radius 1 is 1.58 bits per heavy atom. The Labute approximate surface area is 113 Å². The summed E-state index contributed by atoms with van der Waals surface area (Å²) < 4.78 is 5.00. The van der Waals surface area contributed by atoms with E-state index in [2.05, 4.69) is 6.58 Å². The van der Waals surface area contributed by atoms with Crippen LogP contribution in [0.4, 0.5) is 0 Å². The topological polar surface area (TPSA) is 66.8 Å². The van der Waals surface area contributed by atoms with Crippen molar-refractivity contribution in [2.45, 2.75) is 26.2 Å². The van der Waals surface area contributed by atoms with E-state index in [1.165, 1.54) is 0 Å². The van der Waals surface area contributed by atoms with Crippen LogP contribution in [0.2, 0.25) is 0 Å². The SMILES string of the molecule is C=CC1CC(C)(CO)CC1=C(CO)C1COC(=O)C1. The fourth-order valence-electron chi connectivity index (χ4n) is 3.24. The third kappa shape index (κ3) is 2.74. The van der Waals surface area contributed by atoms with Gasteiger partial charge in [-0.05, 0) is 29.7 Å². The number of cyclic esters (lactones) is 1. The van der Waals surface area contributed by atoms with Crippen LogP contribution in [0.15, 0.2) is 23.8 Å². The van der Waals surface area contributed by atoms with Gasteiger partial charge >= 0.3 is 5.97 Å². The summed E-state index contributed by atoms with van der Waals surface area (Å²) in [6.07, 6.45) is 3.82. The highest BCUT2D eigenvalue weighted by Gasteiger charge is 2.40. The zero-order valence-corrected chi connectivity index (χ0v) is 11.4. The van der Waals surface area contributed by atoms with E-state index >= 15 is 0 Å². The van der Waals surface area contributed by atoms with Crippen LogP contribution in [-0.2, 0) is 9.53 Å². The van der Waals surface area contributed by atoms with Gasteiger partial charge in [-0.1, -0.05) is 18.6 Å². The number of carbonyl (C=O) groups excluding carboxylic acids is 1. The number of ether oxygens (including phenoxy) is 1. The van der Waals surface area contributed by atoms with E-state index in [4.69, 9.17) is 4.74 Å². The van der Waals surface area contributed by atoms with Crippen molar-refractivity contribution in [2.75, 3.05) is 19.8 Å². The van der Waals surface area contributed by atoms with Crippen molar-refractivity contribution in [3.8, 4) is 0 Å². The molecule has 2 aliphatic rings. The maximum absolute atomic E-state index is 11.2. The Morgan fingerprint density at radius 3 is 2.79 bits per heavy atom. The monoisotopic (exact) mass is 266 g/mol. The van der Waals surface area contributed by atoms with Gasteiger partial charge in [-0.3, -0.25) is 4.79 Å². The molecular weight excluding hydrogens is 244 g/mol. The van der Waals surface area contributed by atoms with Crippen molar-refractivity contribution in [1.82, 2.24) is 0 Å². The molecule has 1 saturated heterocycles. The number of allylic oxidation sites excluding steroid dienone is 2. The first kappa shape index (κ1) is 14.3. The lowest BCUT2D eigenvalue weighted by molar-refractivity contribution is -0.137. The van der Waals surface area contributed by atoms with E-state index in [9.17, 15) is 15.0 Å². The third-order valence-electron chi connectivity index (χ3n) is 4.38. The zero-order valence-electron chi connectivity index (χ0n) is 11.4. The van der Waals surface area contributed by atoms with Crippen molar-refractivity contribution >= 4 is 5.97 Å². The molecule has 0 aromatic carbocycles. The number of hydrogen-bond acceptors (Lipinski definition) is 4. The molecule has 0 aromatic rings. The first-order valence-corrected chi connectivity index (χ1v) is 6.74. The average Bonchev–Trinajstić information content (AvgIpc) is 2.96. The summed E-state index contributed by atoms with van der Waals surface area (Å²) in [6.45, 7) is 6.33. The molecule has 0 amide bonds. The second kappa shape index (κ2) is 5.47. The molecule has 0 bridgehead atoms. The number of aliphatic hydroxyl groups is 2. The number of carbonyl (C=O) groups is 1. The van der Waals surface area contributed by atoms with Crippen molar-refractivity contribution in [3.05, 3.63) is 23.8 Å². The van der Waals surface area contributed by atoms with Crippen LogP contribution in [0.5, 0.6) is 0 Å². The molecule has 1 heterocycles. The second-order valence-corrected chi connectivity index (χ2v) is 5.98. The van der Waals surface area contributed by atoms with Crippen LogP contribution in [0.1, 0.15) is 26.2 Å². The van der Waals surface area contributed by atoms with Crippen molar-refractivity contribution in [3.63, 3.8) is 0 Å². The molecule has 106 valence electrons. The molecule has 0 radical (unpaired) electrons. The summed E-state index contributed by atoms with van der Waals surface area (Å²) in [6, 6.07) is 0.